The minimum absolute atomic E-state index is 0.0375. The first-order valence-corrected chi connectivity index (χ1v) is 7.54. The van der Waals surface area contributed by atoms with E-state index >= 15 is 0 Å². The number of hydrogen-bond acceptors (Lipinski definition) is 3. The Morgan fingerprint density at radius 3 is 2.86 bits per heavy atom. The summed E-state index contributed by atoms with van der Waals surface area (Å²) >= 11 is 5.67. The summed E-state index contributed by atoms with van der Waals surface area (Å²) in [5.74, 6) is 0.612. The highest BCUT2D eigenvalue weighted by molar-refractivity contribution is 6.17. The van der Waals surface area contributed by atoms with Gasteiger partial charge in [0.25, 0.3) is 5.56 Å². The molecule has 2 aromatic heterocycles. The Bertz CT molecular complexity index is 857. The van der Waals surface area contributed by atoms with Crippen molar-refractivity contribution in [2.75, 3.05) is 5.88 Å². The largest absolute Gasteiger partial charge is 0.299 e. The number of benzene rings is 1. The molecular formula is C16H16ClN3O. The first-order chi connectivity index (χ1) is 10.2. The van der Waals surface area contributed by atoms with Crippen molar-refractivity contribution in [3.8, 4) is 0 Å². The zero-order chi connectivity index (χ0) is 14.8. The van der Waals surface area contributed by atoms with Crippen LogP contribution in [0.5, 0.6) is 0 Å². The van der Waals surface area contributed by atoms with Gasteiger partial charge in [-0.1, -0.05) is 12.1 Å². The molecule has 0 amide bonds. The lowest BCUT2D eigenvalue weighted by molar-refractivity contribution is 0.610. The smallest absolute Gasteiger partial charge is 0.262 e. The number of hydrogen-bond donors (Lipinski definition) is 0. The molecular weight excluding hydrogens is 286 g/mol. The van der Waals surface area contributed by atoms with E-state index in [9.17, 15) is 4.79 Å². The summed E-state index contributed by atoms with van der Waals surface area (Å²) in [6.07, 6.45) is 5.01. The van der Waals surface area contributed by atoms with Crippen molar-refractivity contribution in [3.63, 3.8) is 0 Å². The first kappa shape index (κ1) is 14.0. The number of halogens is 1. The third kappa shape index (κ3) is 2.63. The quantitative estimate of drug-likeness (QED) is 0.422. The van der Waals surface area contributed by atoms with Gasteiger partial charge in [0.1, 0.15) is 0 Å². The topological polar surface area (TPSA) is 47.8 Å². The van der Waals surface area contributed by atoms with E-state index in [0.717, 1.165) is 34.8 Å². The van der Waals surface area contributed by atoms with E-state index in [2.05, 4.69) is 9.97 Å². The maximum absolute atomic E-state index is 12.5. The lowest BCUT2D eigenvalue weighted by Gasteiger charge is -2.07. The first-order valence-electron chi connectivity index (χ1n) is 7.01. The van der Waals surface area contributed by atoms with Gasteiger partial charge >= 0.3 is 0 Å². The van der Waals surface area contributed by atoms with Crippen LogP contribution in [-0.4, -0.2) is 20.4 Å². The number of aromatic nitrogens is 3. The summed E-state index contributed by atoms with van der Waals surface area (Å²) in [4.78, 5) is 21.3. The zero-order valence-corrected chi connectivity index (χ0v) is 12.6. The second-order valence-corrected chi connectivity index (χ2v) is 5.56. The Balaban J connectivity index is 2.14. The van der Waals surface area contributed by atoms with Gasteiger partial charge in [0.2, 0.25) is 0 Å². The van der Waals surface area contributed by atoms with Crippen molar-refractivity contribution in [3.05, 3.63) is 46.6 Å². The van der Waals surface area contributed by atoms with Crippen LogP contribution in [0, 0.1) is 6.92 Å². The normalized spacial score (nSPS) is 11.3. The molecule has 0 aliphatic rings. The van der Waals surface area contributed by atoms with Crippen LogP contribution in [0.2, 0.25) is 0 Å². The second kappa shape index (κ2) is 5.82. The monoisotopic (exact) mass is 301 g/mol. The highest BCUT2D eigenvalue weighted by atomic mass is 35.5. The summed E-state index contributed by atoms with van der Waals surface area (Å²) in [7, 11) is 0. The summed E-state index contributed by atoms with van der Waals surface area (Å²) in [5.41, 5.74) is 2.70. The van der Waals surface area contributed by atoms with Gasteiger partial charge in [-0.2, -0.15) is 0 Å². The van der Waals surface area contributed by atoms with E-state index in [4.69, 9.17) is 11.6 Å². The van der Waals surface area contributed by atoms with Gasteiger partial charge in [-0.05, 0) is 31.4 Å². The zero-order valence-electron chi connectivity index (χ0n) is 11.8. The number of fused-ring (bicyclic) bond motifs is 3. The fourth-order valence-electron chi connectivity index (χ4n) is 2.46. The molecule has 0 unspecified atom stereocenters. The molecule has 0 radical (unpaired) electrons. The summed E-state index contributed by atoms with van der Waals surface area (Å²) in [5, 5.41) is 1.49. The van der Waals surface area contributed by atoms with Gasteiger partial charge < -0.3 is 0 Å². The van der Waals surface area contributed by atoms with Crippen LogP contribution in [0.25, 0.3) is 21.8 Å². The van der Waals surface area contributed by atoms with Crippen LogP contribution >= 0.6 is 11.6 Å². The molecule has 0 saturated heterocycles. The van der Waals surface area contributed by atoms with Gasteiger partial charge in [-0.25, -0.2) is 4.98 Å². The molecule has 3 aromatic rings. The molecule has 0 aliphatic carbocycles. The van der Waals surface area contributed by atoms with Gasteiger partial charge in [-0.15, -0.1) is 11.6 Å². The van der Waals surface area contributed by atoms with Crippen LogP contribution < -0.4 is 5.56 Å². The average molecular weight is 302 g/mol. The predicted octanol–water partition coefficient (Wildman–Crippen LogP) is 3.27. The van der Waals surface area contributed by atoms with Crippen LogP contribution in [0.15, 0.2) is 35.5 Å². The molecule has 0 N–H and O–H groups in total. The number of unbranched alkanes of at least 4 members (excludes halogenated alkanes) is 1. The Hall–Kier alpha value is -1.94. The summed E-state index contributed by atoms with van der Waals surface area (Å²) in [6, 6.07) is 5.99. The maximum atomic E-state index is 12.5. The molecule has 1 aromatic carbocycles. The van der Waals surface area contributed by atoms with Crippen molar-refractivity contribution in [1.82, 2.24) is 14.5 Å². The third-order valence-electron chi connectivity index (χ3n) is 3.60. The van der Waals surface area contributed by atoms with E-state index in [-0.39, 0.29) is 5.56 Å². The van der Waals surface area contributed by atoms with Crippen molar-refractivity contribution < 1.29 is 0 Å². The molecule has 21 heavy (non-hydrogen) atoms. The summed E-state index contributed by atoms with van der Waals surface area (Å²) in [6.45, 7) is 2.66. The summed E-state index contributed by atoms with van der Waals surface area (Å²) < 4.78 is 1.64. The number of aryl methyl sites for hydroxylation is 2. The maximum Gasteiger partial charge on any atom is 0.262 e. The lowest BCUT2D eigenvalue weighted by atomic mass is 10.1. The fourth-order valence-corrected chi connectivity index (χ4v) is 2.64. The molecule has 0 aliphatic heterocycles. The fraction of sp³-hybridized carbons (Fsp3) is 0.312. The van der Waals surface area contributed by atoms with E-state index in [1.165, 1.54) is 0 Å². The molecule has 0 bridgehead atoms. The van der Waals surface area contributed by atoms with Crippen molar-refractivity contribution >= 4 is 33.4 Å². The standard InChI is InChI=1S/C16H16ClN3O/c1-11-4-5-12-14(8-11)18-9-13-15(12)19-10-20(16(13)21)7-3-2-6-17/h4-5,8-10H,2-3,6-7H2,1H3. The van der Waals surface area contributed by atoms with Gasteiger partial charge in [0, 0.05) is 24.0 Å². The molecule has 0 fully saturated rings. The number of pyridine rings is 1. The van der Waals surface area contributed by atoms with E-state index in [1.807, 2.05) is 25.1 Å². The van der Waals surface area contributed by atoms with E-state index < -0.39 is 0 Å². The highest BCUT2D eigenvalue weighted by Crippen LogP contribution is 2.20. The Kier molecular flexibility index (Phi) is 3.88. The predicted molar refractivity (Wildman–Crippen MR) is 86.0 cm³/mol. The molecule has 0 atom stereocenters. The molecule has 3 rings (SSSR count). The number of alkyl halides is 1. The molecule has 4 nitrogen and oxygen atoms in total. The molecule has 5 heteroatoms. The Labute approximate surface area is 127 Å². The molecule has 0 spiro atoms. The van der Waals surface area contributed by atoms with Crippen LogP contribution in [0.4, 0.5) is 0 Å². The minimum atomic E-state index is -0.0375. The molecule has 0 saturated carbocycles. The Morgan fingerprint density at radius 2 is 2.05 bits per heavy atom. The van der Waals surface area contributed by atoms with Gasteiger partial charge in [-0.3, -0.25) is 14.3 Å². The molecule has 108 valence electrons. The minimum Gasteiger partial charge on any atom is -0.299 e. The van der Waals surface area contributed by atoms with E-state index in [1.54, 1.807) is 17.1 Å². The van der Waals surface area contributed by atoms with Gasteiger partial charge in [0.05, 0.1) is 22.7 Å². The second-order valence-electron chi connectivity index (χ2n) is 5.18. The highest BCUT2D eigenvalue weighted by Gasteiger charge is 2.08. The van der Waals surface area contributed by atoms with Gasteiger partial charge in [0.15, 0.2) is 0 Å². The number of nitrogens with zero attached hydrogens (tertiary/aromatic N) is 3. The molecule has 2 heterocycles. The van der Waals surface area contributed by atoms with E-state index in [0.29, 0.717) is 17.8 Å². The van der Waals surface area contributed by atoms with Crippen molar-refractivity contribution in [1.29, 1.82) is 0 Å². The lowest BCUT2D eigenvalue weighted by Crippen LogP contribution is -2.21. The van der Waals surface area contributed by atoms with Crippen molar-refractivity contribution in [2.24, 2.45) is 0 Å². The van der Waals surface area contributed by atoms with Crippen LogP contribution in [0.1, 0.15) is 18.4 Å². The SMILES string of the molecule is Cc1ccc2c(c1)ncc1c(=O)n(CCCCCl)cnc12. The van der Waals surface area contributed by atoms with Crippen LogP contribution in [-0.2, 0) is 6.54 Å². The third-order valence-corrected chi connectivity index (χ3v) is 3.86. The number of rotatable bonds is 4. The van der Waals surface area contributed by atoms with Crippen molar-refractivity contribution in [2.45, 2.75) is 26.3 Å². The van der Waals surface area contributed by atoms with Crippen LogP contribution in [0.3, 0.4) is 0 Å². The average Bonchev–Trinajstić information content (AvgIpc) is 2.49. The Morgan fingerprint density at radius 1 is 1.19 bits per heavy atom.